The van der Waals surface area contributed by atoms with Crippen LogP contribution in [0.1, 0.15) is 74.2 Å². The van der Waals surface area contributed by atoms with Gasteiger partial charge < -0.3 is 20.7 Å². The van der Waals surface area contributed by atoms with Crippen LogP contribution in [0.4, 0.5) is 5.69 Å². The molecular weight excluding hydrogens is 446 g/mol. The lowest BCUT2D eigenvalue weighted by molar-refractivity contribution is -0.184. The lowest BCUT2D eigenvalue weighted by Gasteiger charge is -2.60. The molecule has 0 amide bonds. The molecule has 0 spiro atoms. The second-order valence-corrected chi connectivity index (χ2v) is 12.0. The number of aliphatic hydroxyl groups is 2. The first-order chi connectivity index (χ1) is 16.5. The number of aliphatic hydroxyl groups excluding tert-OH is 1. The minimum Gasteiger partial charge on any atom is -0.454 e. The summed E-state index contributed by atoms with van der Waals surface area (Å²) in [5.41, 5.74) is 5.50. The average Bonchev–Trinajstić information content (AvgIpc) is 3.04. The first-order valence-electron chi connectivity index (χ1n) is 12.7. The van der Waals surface area contributed by atoms with Crippen LogP contribution < -0.4 is 5.73 Å². The smallest absolute Gasteiger partial charge is 0.338 e. The van der Waals surface area contributed by atoms with Crippen LogP contribution >= 0.6 is 0 Å². The highest BCUT2D eigenvalue weighted by atomic mass is 16.5. The van der Waals surface area contributed by atoms with E-state index in [1.165, 1.54) is 0 Å². The second kappa shape index (κ2) is 7.26. The van der Waals surface area contributed by atoms with Gasteiger partial charge in [0.05, 0.1) is 11.7 Å². The highest BCUT2D eigenvalue weighted by molar-refractivity contribution is 5.99. The number of fused-ring (bicyclic) bond motifs is 9. The molecular formula is C28H33NO6. The van der Waals surface area contributed by atoms with Gasteiger partial charge >= 0.3 is 5.97 Å². The standard InChI is InChI=1S/C28H33NO6/c1-26-8-7-16(30)9-14(26)3-5-18-20-11-21-17-6-4-15(29)10-19(17)25(33)35-13-23(32)28(21,34)27(20,2)12-22(31)24(18)26/h4,6,9-10,18,20-22,24,31,34H,3,5,7-8,11-13,29H2,1-2H3. The van der Waals surface area contributed by atoms with Crippen LogP contribution in [-0.4, -0.2) is 46.1 Å². The second-order valence-electron chi connectivity index (χ2n) is 12.0. The average molecular weight is 480 g/mol. The molecule has 7 nitrogen and oxygen atoms in total. The molecule has 3 saturated carbocycles. The SMILES string of the molecule is CC12CCC(=O)C=C1CCC1C2C(O)CC2(C)C1CC1c3ccc(N)cc3C(=O)OCC(=O)C12O. The highest BCUT2D eigenvalue weighted by Crippen LogP contribution is 2.70. The van der Waals surface area contributed by atoms with E-state index in [-0.39, 0.29) is 35.4 Å². The fraction of sp³-hybridized carbons (Fsp3) is 0.607. The number of ether oxygens (including phenoxy) is 1. The van der Waals surface area contributed by atoms with Crippen molar-refractivity contribution in [3.05, 3.63) is 41.0 Å². The summed E-state index contributed by atoms with van der Waals surface area (Å²) in [7, 11) is 0. The number of allylic oxidation sites excluding steroid dienone is 1. The van der Waals surface area contributed by atoms with Gasteiger partial charge in [0.2, 0.25) is 5.78 Å². The third-order valence-electron chi connectivity index (χ3n) is 10.6. The molecule has 8 unspecified atom stereocenters. The van der Waals surface area contributed by atoms with Crippen LogP contribution in [-0.2, 0) is 14.3 Å². The molecule has 1 heterocycles. The molecule has 5 aliphatic rings. The number of carbonyl (C=O) groups is 3. The van der Waals surface area contributed by atoms with Crippen molar-refractivity contribution < 1.29 is 29.3 Å². The number of carbonyl (C=O) groups excluding carboxylic acids is 3. The van der Waals surface area contributed by atoms with E-state index >= 15 is 0 Å². The molecule has 0 radical (unpaired) electrons. The van der Waals surface area contributed by atoms with E-state index in [2.05, 4.69) is 6.92 Å². The van der Waals surface area contributed by atoms with Crippen molar-refractivity contribution in [2.75, 3.05) is 12.3 Å². The molecule has 1 aromatic rings. The van der Waals surface area contributed by atoms with Gasteiger partial charge in [-0.05, 0) is 79.0 Å². The first-order valence-corrected chi connectivity index (χ1v) is 12.7. The first kappa shape index (κ1) is 22.9. The molecule has 1 aliphatic heterocycles. The summed E-state index contributed by atoms with van der Waals surface area (Å²) in [5.74, 6) is -1.50. The Kier molecular flexibility index (Phi) is 4.76. The Morgan fingerprint density at radius 3 is 2.69 bits per heavy atom. The van der Waals surface area contributed by atoms with Gasteiger partial charge in [0.25, 0.3) is 0 Å². The number of nitrogen functional groups attached to an aromatic ring is 1. The quantitative estimate of drug-likeness (QED) is 0.386. The van der Waals surface area contributed by atoms with E-state index in [4.69, 9.17) is 10.5 Å². The van der Waals surface area contributed by atoms with Crippen molar-refractivity contribution in [2.24, 2.45) is 28.6 Å². The normalized spacial score (nSPS) is 44.5. The number of nitrogens with two attached hydrogens (primary N) is 1. The van der Waals surface area contributed by atoms with Gasteiger partial charge in [0, 0.05) is 23.4 Å². The zero-order valence-corrected chi connectivity index (χ0v) is 20.3. The Hall–Kier alpha value is -2.51. The van der Waals surface area contributed by atoms with Crippen LogP contribution in [0.5, 0.6) is 0 Å². The number of benzene rings is 1. The zero-order chi connectivity index (χ0) is 24.9. The van der Waals surface area contributed by atoms with Crippen LogP contribution in [0.3, 0.4) is 0 Å². The van der Waals surface area contributed by atoms with E-state index < -0.39 is 41.4 Å². The lowest BCUT2D eigenvalue weighted by atomic mass is 9.45. The highest BCUT2D eigenvalue weighted by Gasteiger charge is 2.72. The Balaban J connectivity index is 1.49. The number of ketones is 2. The molecule has 3 fully saturated rings. The van der Waals surface area contributed by atoms with E-state index in [0.29, 0.717) is 29.7 Å². The Morgan fingerprint density at radius 2 is 1.91 bits per heavy atom. The van der Waals surface area contributed by atoms with Gasteiger partial charge in [-0.15, -0.1) is 0 Å². The molecule has 6 rings (SSSR count). The molecule has 8 atom stereocenters. The van der Waals surface area contributed by atoms with Crippen molar-refractivity contribution in [3.63, 3.8) is 0 Å². The fourth-order valence-corrected chi connectivity index (χ4v) is 8.97. The molecule has 0 saturated heterocycles. The van der Waals surface area contributed by atoms with Crippen molar-refractivity contribution in [1.82, 2.24) is 0 Å². The van der Waals surface area contributed by atoms with Gasteiger partial charge in [-0.25, -0.2) is 4.79 Å². The maximum atomic E-state index is 13.6. The summed E-state index contributed by atoms with van der Waals surface area (Å²) >= 11 is 0. The number of rotatable bonds is 0. The molecule has 4 aliphatic carbocycles. The third-order valence-corrected chi connectivity index (χ3v) is 10.6. The summed E-state index contributed by atoms with van der Waals surface area (Å²) in [6.45, 7) is 3.61. The van der Waals surface area contributed by atoms with Crippen LogP contribution in [0.2, 0.25) is 0 Å². The van der Waals surface area contributed by atoms with Crippen LogP contribution in [0.15, 0.2) is 29.8 Å². The summed E-state index contributed by atoms with van der Waals surface area (Å²) in [6, 6.07) is 5.00. The predicted octanol–water partition coefficient (Wildman–Crippen LogP) is 2.94. The minimum absolute atomic E-state index is 0.0236. The monoisotopic (exact) mass is 479 g/mol. The van der Waals surface area contributed by atoms with E-state index in [1.54, 1.807) is 24.3 Å². The molecule has 0 bridgehead atoms. The Morgan fingerprint density at radius 1 is 1.14 bits per heavy atom. The van der Waals surface area contributed by atoms with Crippen molar-refractivity contribution in [2.45, 2.75) is 70.0 Å². The van der Waals surface area contributed by atoms with Crippen molar-refractivity contribution in [1.29, 1.82) is 0 Å². The summed E-state index contributed by atoms with van der Waals surface area (Å²) < 4.78 is 5.30. The maximum absolute atomic E-state index is 13.6. The van der Waals surface area contributed by atoms with Gasteiger partial charge in [-0.3, -0.25) is 9.59 Å². The predicted molar refractivity (Wildman–Crippen MR) is 127 cm³/mol. The number of Topliss-reactive ketones (excluding diaryl/α,β-unsaturated/α-hetero) is 1. The number of cyclic esters (lactones) is 1. The summed E-state index contributed by atoms with van der Waals surface area (Å²) in [5, 5.41) is 24.0. The van der Waals surface area contributed by atoms with Crippen LogP contribution in [0.25, 0.3) is 0 Å². The molecule has 0 aromatic heterocycles. The van der Waals surface area contributed by atoms with Crippen molar-refractivity contribution in [3.8, 4) is 0 Å². The van der Waals surface area contributed by atoms with Crippen molar-refractivity contribution >= 4 is 23.2 Å². The van der Waals surface area contributed by atoms with Gasteiger partial charge in [-0.1, -0.05) is 25.5 Å². The number of hydrogen-bond donors (Lipinski definition) is 3. The maximum Gasteiger partial charge on any atom is 0.338 e. The Bertz CT molecular complexity index is 1190. The van der Waals surface area contributed by atoms with E-state index in [1.807, 2.05) is 6.92 Å². The van der Waals surface area contributed by atoms with Gasteiger partial charge in [-0.2, -0.15) is 0 Å². The van der Waals surface area contributed by atoms with Gasteiger partial charge in [0.1, 0.15) is 5.60 Å². The number of esters is 1. The van der Waals surface area contributed by atoms with E-state index in [9.17, 15) is 24.6 Å². The molecule has 35 heavy (non-hydrogen) atoms. The number of hydrogen-bond acceptors (Lipinski definition) is 7. The van der Waals surface area contributed by atoms with Crippen LogP contribution in [0, 0.1) is 28.6 Å². The lowest BCUT2D eigenvalue weighted by Crippen LogP contribution is -2.63. The topological polar surface area (TPSA) is 127 Å². The molecule has 7 heteroatoms. The molecule has 4 N–H and O–H groups in total. The fourth-order valence-electron chi connectivity index (χ4n) is 8.97. The summed E-state index contributed by atoms with van der Waals surface area (Å²) in [6.07, 6.45) is 4.71. The molecule has 186 valence electrons. The molecule has 1 aromatic carbocycles. The summed E-state index contributed by atoms with van der Waals surface area (Å²) in [4.78, 5) is 38.5. The minimum atomic E-state index is -1.77. The Labute approximate surface area is 204 Å². The largest absolute Gasteiger partial charge is 0.454 e. The number of anilines is 1. The zero-order valence-electron chi connectivity index (χ0n) is 20.3. The third kappa shape index (κ3) is 2.82. The van der Waals surface area contributed by atoms with E-state index in [0.717, 1.165) is 24.8 Å². The van der Waals surface area contributed by atoms with Gasteiger partial charge in [0.15, 0.2) is 12.4 Å².